The second kappa shape index (κ2) is 6.75. The van der Waals surface area contributed by atoms with Gasteiger partial charge in [-0.3, -0.25) is 9.78 Å². The van der Waals surface area contributed by atoms with Gasteiger partial charge in [0.2, 0.25) is 0 Å². The summed E-state index contributed by atoms with van der Waals surface area (Å²) in [5, 5.41) is 0. The highest BCUT2D eigenvalue weighted by Gasteiger charge is 2.46. The van der Waals surface area contributed by atoms with E-state index in [1.54, 1.807) is 25.7 Å². The zero-order valence-corrected chi connectivity index (χ0v) is 14.5. The normalized spacial score (nSPS) is 17.3. The van der Waals surface area contributed by atoms with Crippen LogP contribution in [0.5, 0.6) is 0 Å². The van der Waals surface area contributed by atoms with Gasteiger partial charge in [0.05, 0.1) is 19.0 Å². The van der Waals surface area contributed by atoms with Gasteiger partial charge in [0, 0.05) is 13.1 Å². The zero-order valence-electron chi connectivity index (χ0n) is 14.5. The lowest BCUT2D eigenvalue weighted by Gasteiger charge is -2.39. The number of methoxy groups -OCH3 is 1. The summed E-state index contributed by atoms with van der Waals surface area (Å²) < 4.78 is 23.4. The molecule has 6 nitrogen and oxygen atoms in total. The van der Waals surface area contributed by atoms with Gasteiger partial charge in [-0.1, -0.05) is 0 Å². The summed E-state index contributed by atoms with van der Waals surface area (Å²) in [6, 6.07) is 2.77. The Balaban J connectivity index is 2.18. The second-order valence-electron chi connectivity index (χ2n) is 6.90. The van der Waals surface area contributed by atoms with E-state index in [0.717, 1.165) is 6.20 Å². The summed E-state index contributed by atoms with van der Waals surface area (Å²) in [5.41, 5.74) is -1.09. The van der Waals surface area contributed by atoms with Gasteiger partial charge >= 0.3 is 12.1 Å². The van der Waals surface area contributed by atoms with E-state index in [-0.39, 0.29) is 0 Å². The molecular formula is C17H23FN2O4. The average Bonchev–Trinajstić information content (AvgIpc) is 2.53. The Morgan fingerprint density at radius 1 is 1.25 bits per heavy atom. The Labute approximate surface area is 141 Å². The van der Waals surface area contributed by atoms with Crippen LogP contribution in [0.15, 0.2) is 18.3 Å². The van der Waals surface area contributed by atoms with E-state index < -0.39 is 28.9 Å². The lowest BCUT2D eigenvalue weighted by atomic mass is 9.75. The predicted molar refractivity (Wildman–Crippen MR) is 84.9 cm³/mol. The molecule has 0 aliphatic carbocycles. The fourth-order valence-corrected chi connectivity index (χ4v) is 2.82. The third-order valence-corrected chi connectivity index (χ3v) is 4.06. The first-order valence-corrected chi connectivity index (χ1v) is 7.86. The van der Waals surface area contributed by atoms with Gasteiger partial charge in [-0.05, 0) is 45.7 Å². The molecule has 0 radical (unpaired) electrons. The van der Waals surface area contributed by atoms with E-state index in [1.807, 2.05) is 0 Å². The summed E-state index contributed by atoms with van der Waals surface area (Å²) in [5.74, 6) is -0.893. The van der Waals surface area contributed by atoms with Crippen molar-refractivity contribution in [1.29, 1.82) is 0 Å². The predicted octanol–water partition coefficient (Wildman–Crippen LogP) is 2.66. The first-order valence-electron chi connectivity index (χ1n) is 7.86. The van der Waals surface area contributed by atoms with Crippen LogP contribution >= 0.6 is 0 Å². The third-order valence-electron chi connectivity index (χ3n) is 4.06. The molecule has 2 rings (SSSR count). The van der Waals surface area contributed by atoms with Crippen molar-refractivity contribution >= 4 is 12.1 Å². The van der Waals surface area contributed by atoms with Gasteiger partial charge in [0.15, 0.2) is 0 Å². The van der Waals surface area contributed by atoms with E-state index >= 15 is 0 Å². The molecule has 0 bridgehead atoms. The molecule has 132 valence electrons. The molecule has 1 fully saturated rings. The van der Waals surface area contributed by atoms with Crippen LogP contribution in [-0.4, -0.2) is 47.7 Å². The summed E-state index contributed by atoms with van der Waals surface area (Å²) >= 11 is 0. The molecule has 1 aliphatic rings. The second-order valence-corrected chi connectivity index (χ2v) is 6.90. The highest BCUT2D eigenvalue weighted by atomic mass is 19.1. The Kier molecular flexibility index (Phi) is 5.11. The van der Waals surface area contributed by atoms with Crippen molar-refractivity contribution in [2.75, 3.05) is 20.2 Å². The van der Waals surface area contributed by atoms with Crippen molar-refractivity contribution in [3.63, 3.8) is 0 Å². The van der Waals surface area contributed by atoms with Crippen LogP contribution in [-0.2, 0) is 19.7 Å². The van der Waals surface area contributed by atoms with Gasteiger partial charge in [-0.15, -0.1) is 0 Å². The van der Waals surface area contributed by atoms with Gasteiger partial charge in [0.25, 0.3) is 0 Å². The molecular weight excluding hydrogens is 315 g/mol. The lowest BCUT2D eigenvalue weighted by Crippen LogP contribution is -2.50. The van der Waals surface area contributed by atoms with Crippen molar-refractivity contribution in [2.45, 2.75) is 44.6 Å². The van der Waals surface area contributed by atoms with E-state index in [2.05, 4.69) is 4.98 Å². The molecule has 1 aliphatic heterocycles. The Morgan fingerprint density at radius 3 is 2.33 bits per heavy atom. The minimum Gasteiger partial charge on any atom is -0.468 e. The molecule has 0 aromatic carbocycles. The Morgan fingerprint density at radius 2 is 1.88 bits per heavy atom. The maximum atomic E-state index is 13.1. The molecule has 24 heavy (non-hydrogen) atoms. The molecule has 0 spiro atoms. The van der Waals surface area contributed by atoms with Gasteiger partial charge in [-0.2, -0.15) is 0 Å². The van der Waals surface area contributed by atoms with Crippen LogP contribution < -0.4 is 0 Å². The number of rotatable bonds is 2. The number of hydrogen-bond acceptors (Lipinski definition) is 5. The molecule has 0 saturated carbocycles. The number of carbonyl (C=O) groups is 2. The fraction of sp³-hybridized carbons (Fsp3) is 0.588. The molecule has 1 aromatic rings. The van der Waals surface area contributed by atoms with Crippen LogP contribution in [0, 0.1) is 5.82 Å². The van der Waals surface area contributed by atoms with E-state index in [4.69, 9.17) is 9.47 Å². The van der Waals surface area contributed by atoms with E-state index in [9.17, 15) is 14.0 Å². The van der Waals surface area contributed by atoms with Crippen LogP contribution in [0.4, 0.5) is 9.18 Å². The van der Waals surface area contributed by atoms with Crippen molar-refractivity contribution in [1.82, 2.24) is 9.88 Å². The molecule has 0 unspecified atom stereocenters. The molecule has 1 amide bonds. The van der Waals surface area contributed by atoms with Gasteiger partial charge in [-0.25, -0.2) is 9.18 Å². The first kappa shape index (κ1) is 18.2. The summed E-state index contributed by atoms with van der Waals surface area (Å²) in [6.45, 7) is 6.08. The number of pyridine rings is 1. The standard InChI is InChI=1S/C17H23FN2O4/c1-16(2,3)24-15(22)20-9-7-17(8-10-20,14(21)23-4)13-6-5-12(18)11-19-13/h5-6,11H,7-10H2,1-4H3. The van der Waals surface area contributed by atoms with E-state index in [1.165, 1.54) is 19.2 Å². The number of amides is 1. The number of nitrogens with zero attached hydrogens (tertiary/aromatic N) is 2. The summed E-state index contributed by atoms with van der Waals surface area (Å²) in [7, 11) is 1.31. The van der Waals surface area contributed by atoms with Crippen LogP contribution in [0.2, 0.25) is 0 Å². The van der Waals surface area contributed by atoms with Crippen LogP contribution in [0.25, 0.3) is 0 Å². The first-order chi connectivity index (χ1) is 11.2. The smallest absolute Gasteiger partial charge is 0.410 e. The summed E-state index contributed by atoms with van der Waals surface area (Å²) in [6.07, 6.45) is 1.36. The van der Waals surface area contributed by atoms with Gasteiger partial charge < -0.3 is 14.4 Å². The van der Waals surface area contributed by atoms with E-state index in [0.29, 0.717) is 31.6 Å². The number of piperidine rings is 1. The number of aromatic nitrogens is 1. The quantitative estimate of drug-likeness (QED) is 0.776. The molecule has 0 N–H and O–H groups in total. The number of halogens is 1. The monoisotopic (exact) mass is 338 g/mol. The number of hydrogen-bond donors (Lipinski definition) is 0. The number of likely N-dealkylation sites (tertiary alicyclic amines) is 1. The van der Waals surface area contributed by atoms with Crippen molar-refractivity contribution in [3.8, 4) is 0 Å². The molecule has 1 aromatic heterocycles. The van der Waals surface area contributed by atoms with Crippen molar-refractivity contribution in [2.24, 2.45) is 0 Å². The average molecular weight is 338 g/mol. The molecule has 0 atom stereocenters. The molecule has 1 saturated heterocycles. The van der Waals surface area contributed by atoms with Crippen LogP contribution in [0.1, 0.15) is 39.3 Å². The molecule has 7 heteroatoms. The van der Waals surface area contributed by atoms with Crippen molar-refractivity contribution < 1.29 is 23.5 Å². The zero-order chi connectivity index (χ0) is 18.0. The largest absolute Gasteiger partial charge is 0.468 e. The lowest BCUT2D eigenvalue weighted by molar-refractivity contribution is -0.150. The number of esters is 1. The maximum Gasteiger partial charge on any atom is 0.410 e. The SMILES string of the molecule is COC(=O)C1(c2ccc(F)cn2)CCN(C(=O)OC(C)(C)C)CC1. The highest BCUT2D eigenvalue weighted by molar-refractivity contribution is 5.83. The van der Waals surface area contributed by atoms with Crippen molar-refractivity contribution in [3.05, 3.63) is 29.8 Å². The number of ether oxygens (including phenoxy) is 2. The summed E-state index contributed by atoms with van der Waals surface area (Å²) in [4.78, 5) is 30.2. The minimum atomic E-state index is -0.971. The van der Waals surface area contributed by atoms with Crippen LogP contribution in [0.3, 0.4) is 0 Å². The minimum absolute atomic E-state index is 0.336. The fourth-order valence-electron chi connectivity index (χ4n) is 2.82. The van der Waals surface area contributed by atoms with Gasteiger partial charge in [0.1, 0.15) is 16.8 Å². The topological polar surface area (TPSA) is 68.7 Å². The third kappa shape index (κ3) is 3.83. The Bertz CT molecular complexity index is 602. The Hall–Kier alpha value is -2.18. The highest BCUT2D eigenvalue weighted by Crippen LogP contribution is 2.36. The molecule has 2 heterocycles. The number of carbonyl (C=O) groups excluding carboxylic acids is 2. The maximum absolute atomic E-state index is 13.1.